The number of hydrogen-bond donors (Lipinski definition) is 1. The summed E-state index contributed by atoms with van der Waals surface area (Å²) in [5.41, 5.74) is 0. The second kappa shape index (κ2) is 10.6. The number of allylic oxidation sites excluding steroid dienone is 1. The van der Waals surface area contributed by atoms with E-state index in [0.29, 0.717) is 0 Å². The van der Waals surface area contributed by atoms with Gasteiger partial charge in [0.25, 0.3) is 0 Å². The van der Waals surface area contributed by atoms with Crippen molar-refractivity contribution in [3.63, 3.8) is 0 Å². The van der Waals surface area contributed by atoms with Gasteiger partial charge in [-0.05, 0) is 19.8 Å². The number of rotatable bonds is 3. The molecule has 0 aromatic carbocycles. The van der Waals surface area contributed by atoms with Crippen molar-refractivity contribution in [3.05, 3.63) is 12.7 Å². The lowest BCUT2D eigenvalue weighted by molar-refractivity contribution is 0.186. The minimum Gasteiger partial charge on any atom is -0.393 e. The summed E-state index contributed by atoms with van der Waals surface area (Å²) in [5.74, 6) is 0. The molecule has 1 nitrogen and oxygen atoms in total. The predicted octanol–water partition coefficient (Wildman–Crippen LogP) is 2.36. The van der Waals surface area contributed by atoms with E-state index in [0.717, 1.165) is 12.8 Å². The van der Waals surface area contributed by atoms with Crippen LogP contribution in [0.5, 0.6) is 0 Å². The Morgan fingerprint density at radius 3 is 2.11 bits per heavy atom. The van der Waals surface area contributed by atoms with Gasteiger partial charge in [-0.2, -0.15) is 0 Å². The van der Waals surface area contributed by atoms with Crippen LogP contribution in [0.4, 0.5) is 0 Å². The molecule has 0 amide bonds. The van der Waals surface area contributed by atoms with Gasteiger partial charge in [-0.1, -0.05) is 19.9 Å². The SMILES string of the molecule is C=CCCC(C)O.CC. The summed E-state index contributed by atoms with van der Waals surface area (Å²) in [5, 5.41) is 8.64. The molecular weight excluding hydrogens is 112 g/mol. The maximum absolute atomic E-state index is 8.64. The lowest BCUT2D eigenvalue weighted by atomic mass is 10.2. The first kappa shape index (κ1) is 11.5. The highest BCUT2D eigenvalue weighted by Gasteiger charge is 1.88. The van der Waals surface area contributed by atoms with Crippen molar-refractivity contribution < 1.29 is 5.11 Å². The Labute approximate surface area is 58.4 Å². The standard InChI is InChI=1S/C6H12O.C2H6/c1-3-4-5-6(2)7;1-2/h3,6-7H,1,4-5H2,2H3;1-2H3. The van der Waals surface area contributed by atoms with Crippen molar-refractivity contribution in [1.29, 1.82) is 0 Å². The van der Waals surface area contributed by atoms with E-state index in [1.807, 2.05) is 19.9 Å². The Morgan fingerprint density at radius 1 is 1.56 bits per heavy atom. The number of aliphatic hydroxyl groups is 1. The highest BCUT2D eigenvalue weighted by atomic mass is 16.3. The van der Waals surface area contributed by atoms with Gasteiger partial charge in [0.1, 0.15) is 0 Å². The van der Waals surface area contributed by atoms with Crippen LogP contribution >= 0.6 is 0 Å². The third kappa shape index (κ3) is 18.3. The topological polar surface area (TPSA) is 20.2 Å². The second-order valence-corrected chi connectivity index (χ2v) is 1.72. The van der Waals surface area contributed by atoms with Gasteiger partial charge in [0.05, 0.1) is 6.10 Å². The van der Waals surface area contributed by atoms with Crippen LogP contribution in [0, 0.1) is 0 Å². The summed E-state index contributed by atoms with van der Waals surface area (Å²) in [7, 11) is 0. The van der Waals surface area contributed by atoms with Crippen LogP contribution in [0.3, 0.4) is 0 Å². The lowest BCUT2D eigenvalue weighted by Gasteiger charge is -1.96. The maximum Gasteiger partial charge on any atom is 0.0515 e. The average molecular weight is 130 g/mol. The Bertz CT molecular complexity index is 48.5. The maximum atomic E-state index is 8.64. The average Bonchev–Trinajstić information content (AvgIpc) is 1.88. The molecule has 1 N–H and O–H groups in total. The fourth-order valence-electron chi connectivity index (χ4n) is 0.359. The van der Waals surface area contributed by atoms with Crippen molar-refractivity contribution in [1.82, 2.24) is 0 Å². The summed E-state index contributed by atoms with van der Waals surface area (Å²) < 4.78 is 0. The Morgan fingerprint density at radius 2 is 2.00 bits per heavy atom. The molecule has 1 atom stereocenters. The highest BCUT2D eigenvalue weighted by Crippen LogP contribution is 1.93. The lowest BCUT2D eigenvalue weighted by Crippen LogP contribution is -1.96. The molecule has 0 heterocycles. The van der Waals surface area contributed by atoms with Gasteiger partial charge in [0.2, 0.25) is 0 Å². The van der Waals surface area contributed by atoms with E-state index in [-0.39, 0.29) is 6.10 Å². The number of aliphatic hydroxyl groups excluding tert-OH is 1. The van der Waals surface area contributed by atoms with Crippen molar-refractivity contribution >= 4 is 0 Å². The summed E-state index contributed by atoms with van der Waals surface area (Å²) in [6.45, 7) is 9.30. The van der Waals surface area contributed by atoms with Gasteiger partial charge >= 0.3 is 0 Å². The van der Waals surface area contributed by atoms with Crippen molar-refractivity contribution in [2.75, 3.05) is 0 Å². The zero-order valence-electron chi connectivity index (χ0n) is 6.72. The molecule has 0 aliphatic carbocycles. The second-order valence-electron chi connectivity index (χ2n) is 1.72. The number of hydrogen-bond acceptors (Lipinski definition) is 1. The fourth-order valence-corrected chi connectivity index (χ4v) is 0.359. The van der Waals surface area contributed by atoms with E-state index < -0.39 is 0 Å². The van der Waals surface area contributed by atoms with Gasteiger partial charge in [-0.25, -0.2) is 0 Å². The van der Waals surface area contributed by atoms with Gasteiger partial charge in [0, 0.05) is 0 Å². The van der Waals surface area contributed by atoms with Crippen LogP contribution in [0.2, 0.25) is 0 Å². The largest absolute Gasteiger partial charge is 0.393 e. The van der Waals surface area contributed by atoms with E-state index in [9.17, 15) is 0 Å². The molecule has 0 aromatic heterocycles. The van der Waals surface area contributed by atoms with Crippen molar-refractivity contribution in [2.24, 2.45) is 0 Å². The zero-order chi connectivity index (χ0) is 7.70. The monoisotopic (exact) mass is 130 g/mol. The zero-order valence-corrected chi connectivity index (χ0v) is 6.72. The van der Waals surface area contributed by atoms with Gasteiger partial charge < -0.3 is 5.11 Å². The normalized spacial score (nSPS) is 11.1. The smallest absolute Gasteiger partial charge is 0.0515 e. The summed E-state index contributed by atoms with van der Waals surface area (Å²) in [6.07, 6.45) is 3.39. The molecule has 0 saturated carbocycles. The predicted molar refractivity (Wildman–Crippen MR) is 42.5 cm³/mol. The van der Waals surface area contributed by atoms with Crippen LogP contribution in [-0.2, 0) is 0 Å². The third-order valence-electron chi connectivity index (χ3n) is 0.789. The highest BCUT2D eigenvalue weighted by molar-refractivity contribution is 4.66. The first-order valence-corrected chi connectivity index (χ1v) is 3.56. The summed E-state index contributed by atoms with van der Waals surface area (Å²) >= 11 is 0. The van der Waals surface area contributed by atoms with Crippen LogP contribution in [0.25, 0.3) is 0 Å². The summed E-state index contributed by atoms with van der Waals surface area (Å²) in [6, 6.07) is 0. The molecule has 0 saturated heterocycles. The van der Waals surface area contributed by atoms with Crippen molar-refractivity contribution in [3.8, 4) is 0 Å². The first-order chi connectivity index (χ1) is 4.27. The molecule has 0 radical (unpaired) electrons. The first-order valence-electron chi connectivity index (χ1n) is 3.56. The molecule has 0 rings (SSSR count). The van der Waals surface area contributed by atoms with E-state index in [1.165, 1.54) is 0 Å². The fraction of sp³-hybridized carbons (Fsp3) is 0.750. The van der Waals surface area contributed by atoms with E-state index >= 15 is 0 Å². The molecule has 0 aliphatic rings. The molecular formula is C8H18O. The Balaban J connectivity index is 0. The quantitative estimate of drug-likeness (QED) is 0.581. The minimum absolute atomic E-state index is 0.169. The van der Waals surface area contributed by atoms with Crippen LogP contribution in [-0.4, -0.2) is 11.2 Å². The Kier molecular flexibility index (Phi) is 13.6. The van der Waals surface area contributed by atoms with Crippen molar-refractivity contribution in [2.45, 2.75) is 39.7 Å². The van der Waals surface area contributed by atoms with Gasteiger partial charge in [0.15, 0.2) is 0 Å². The van der Waals surface area contributed by atoms with Crippen LogP contribution in [0.1, 0.15) is 33.6 Å². The molecule has 9 heavy (non-hydrogen) atoms. The molecule has 0 aliphatic heterocycles. The van der Waals surface area contributed by atoms with Crippen LogP contribution < -0.4 is 0 Å². The molecule has 0 spiro atoms. The molecule has 0 aromatic rings. The summed E-state index contributed by atoms with van der Waals surface area (Å²) in [4.78, 5) is 0. The molecule has 0 fully saturated rings. The molecule has 1 unspecified atom stereocenters. The van der Waals surface area contributed by atoms with E-state index in [1.54, 1.807) is 6.92 Å². The third-order valence-corrected chi connectivity index (χ3v) is 0.789. The van der Waals surface area contributed by atoms with Gasteiger partial charge in [-0.3, -0.25) is 0 Å². The van der Waals surface area contributed by atoms with E-state index in [2.05, 4.69) is 6.58 Å². The van der Waals surface area contributed by atoms with Crippen LogP contribution in [0.15, 0.2) is 12.7 Å². The molecule has 0 bridgehead atoms. The molecule has 56 valence electrons. The Hall–Kier alpha value is -0.300. The molecule has 1 heteroatoms. The minimum atomic E-state index is -0.169. The van der Waals surface area contributed by atoms with Gasteiger partial charge in [-0.15, -0.1) is 6.58 Å². The van der Waals surface area contributed by atoms with E-state index in [4.69, 9.17) is 5.11 Å².